The third-order valence-electron chi connectivity index (χ3n) is 3.82. The topological polar surface area (TPSA) is 68.5 Å². The van der Waals surface area contributed by atoms with Gasteiger partial charge in [-0.2, -0.15) is 0 Å². The molecule has 0 unspecified atom stereocenters. The first-order valence-electron chi connectivity index (χ1n) is 6.52. The van der Waals surface area contributed by atoms with Crippen molar-refractivity contribution in [3.8, 4) is 0 Å². The summed E-state index contributed by atoms with van der Waals surface area (Å²) in [5, 5.41) is 11.6. The molecule has 1 aliphatic carbocycles. The van der Waals surface area contributed by atoms with E-state index in [0.717, 1.165) is 17.0 Å². The average Bonchev–Trinajstić information content (AvgIpc) is 2.76. The van der Waals surface area contributed by atoms with Crippen LogP contribution in [0.25, 0.3) is 11.2 Å². The summed E-state index contributed by atoms with van der Waals surface area (Å²) >= 11 is 0. The lowest BCUT2D eigenvalue weighted by molar-refractivity contribution is 0.349. The highest BCUT2D eigenvalue weighted by molar-refractivity contribution is 5.81. The lowest BCUT2D eigenvalue weighted by Crippen LogP contribution is -2.30. The van der Waals surface area contributed by atoms with E-state index in [4.69, 9.17) is 0 Å². The number of rotatable bonds is 2. The summed E-state index contributed by atoms with van der Waals surface area (Å²) in [5.74, 6) is 1.49. The molecule has 1 aliphatic rings. The van der Waals surface area contributed by atoms with Crippen LogP contribution in [0.5, 0.6) is 0 Å². The van der Waals surface area contributed by atoms with Gasteiger partial charge in [0, 0.05) is 13.1 Å². The minimum absolute atomic E-state index is 0.485. The van der Waals surface area contributed by atoms with Crippen molar-refractivity contribution < 1.29 is 0 Å². The van der Waals surface area contributed by atoms with E-state index in [9.17, 15) is 0 Å². The molecule has 0 aliphatic heterocycles. The van der Waals surface area contributed by atoms with Crippen LogP contribution in [0.15, 0.2) is 6.33 Å². The minimum atomic E-state index is 0.485. The Balaban J connectivity index is 1.90. The number of aromatic nitrogens is 5. The molecule has 0 amide bonds. The molecule has 0 saturated heterocycles. The first-order chi connectivity index (χ1) is 8.75. The molecule has 6 nitrogen and oxygen atoms in total. The number of fused-ring (bicyclic) bond motifs is 1. The first-order valence-corrected chi connectivity index (χ1v) is 6.52. The maximum Gasteiger partial charge on any atom is 0.183 e. The third-order valence-corrected chi connectivity index (χ3v) is 3.82. The zero-order valence-corrected chi connectivity index (χ0v) is 10.8. The van der Waals surface area contributed by atoms with Crippen LogP contribution in [-0.2, 0) is 7.05 Å². The van der Waals surface area contributed by atoms with Crippen molar-refractivity contribution in [2.24, 2.45) is 13.0 Å². The van der Waals surface area contributed by atoms with Gasteiger partial charge in [-0.05, 0) is 18.8 Å². The second kappa shape index (κ2) is 4.51. The molecule has 2 aromatic rings. The van der Waals surface area contributed by atoms with Crippen LogP contribution in [0.1, 0.15) is 32.6 Å². The van der Waals surface area contributed by atoms with Crippen molar-refractivity contribution in [1.82, 2.24) is 25.0 Å². The summed E-state index contributed by atoms with van der Waals surface area (Å²) in [6.45, 7) is 2.30. The van der Waals surface area contributed by atoms with Gasteiger partial charge in [-0.15, -0.1) is 5.10 Å². The number of nitrogens with zero attached hydrogens (tertiary/aromatic N) is 5. The Hall–Kier alpha value is -1.72. The van der Waals surface area contributed by atoms with Gasteiger partial charge in [0.25, 0.3) is 0 Å². The second-order valence-electron chi connectivity index (χ2n) is 5.12. The molecule has 2 atom stereocenters. The molecule has 2 heterocycles. The monoisotopic (exact) mass is 246 g/mol. The first kappa shape index (κ1) is 11.4. The van der Waals surface area contributed by atoms with Crippen LogP contribution in [0.3, 0.4) is 0 Å². The van der Waals surface area contributed by atoms with E-state index in [2.05, 4.69) is 32.5 Å². The summed E-state index contributed by atoms with van der Waals surface area (Å²) in [6, 6.07) is 0.485. The predicted molar refractivity (Wildman–Crippen MR) is 69.1 cm³/mol. The number of anilines is 1. The summed E-state index contributed by atoms with van der Waals surface area (Å²) in [7, 11) is 1.84. The standard InChI is InChI=1S/C12H18N6/c1-8-5-3-4-6-9(8)15-11-10-12(14-7-13-11)18(2)17-16-10/h7-9H,3-6H2,1-2H3,(H,13,14,15)/t8-,9+/m1/s1. The van der Waals surface area contributed by atoms with Crippen molar-refractivity contribution >= 4 is 17.0 Å². The highest BCUT2D eigenvalue weighted by Crippen LogP contribution is 2.27. The molecule has 1 saturated carbocycles. The molecule has 6 heteroatoms. The molecular formula is C12H18N6. The van der Waals surface area contributed by atoms with E-state index >= 15 is 0 Å². The molecule has 96 valence electrons. The van der Waals surface area contributed by atoms with Crippen LogP contribution >= 0.6 is 0 Å². The van der Waals surface area contributed by atoms with E-state index in [1.165, 1.54) is 25.7 Å². The van der Waals surface area contributed by atoms with E-state index in [1.807, 2.05) is 7.05 Å². The Morgan fingerprint density at radius 1 is 1.28 bits per heavy atom. The Morgan fingerprint density at radius 2 is 2.11 bits per heavy atom. The van der Waals surface area contributed by atoms with Gasteiger partial charge in [0.05, 0.1) is 0 Å². The molecule has 1 N–H and O–H groups in total. The van der Waals surface area contributed by atoms with E-state index < -0.39 is 0 Å². The fourth-order valence-corrected chi connectivity index (χ4v) is 2.66. The Labute approximate surface area is 106 Å². The number of aryl methyl sites for hydroxylation is 1. The summed E-state index contributed by atoms with van der Waals surface area (Å²) in [4.78, 5) is 8.51. The minimum Gasteiger partial charge on any atom is -0.365 e. The predicted octanol–water partition coefficient (Wildman–Crippen LogP) is 1.75. The molecule has 3 rings (SSSR count). The Bertz CT molecular complexity index is 548. The summed E-state index contributed by atoms with van der Waals surface area (Å²) in [6.07, 6.45) is 6.68. The fourth-order valence-electron chi connectivity index (χ4n) is 2.66. The largest absolute Gasteiger partial charge is 0.365 e. The highest BCUT2D eigenvalue weighted by Gasteiger charge is 2.22. The quantitative estimate of drug-likeness (QED) is 0.874. The summed E-state index contributed by atoms with van der Waals surface area (Å²) < 4.78 is 1.67. The molecule has 0 bridgehead atoms. The molecule has 0 spiro atoms. The van der Waals surface area contributed by atoms with Crippen molar-refractivity contribution in [3.05, 3.63) is 6.33 Å². The molecule has 0 aromatic carbocycles. The second-order valence-corrected chi connectivity index (χ2v) is 5.12. The van der Waals surface area contributed by atoms with Crippen molar-refractivity contribution in [2.45, 2.75) is 38.6 Å². The molecule has 2 aromatic heterocycles. The smallest absolute Gasteiger partial charge is 0.183 e. The fraction of sp³-hybridized carbons (Fsp3) is 0.667. The van der Waals surface area contributed by atoms with E-state index in [0.29, 0.717) is 12.0 Å². The van der Waals surface area contributed by atoms with Gasteiger partial charge < -0.3 is 5.32 Å². The highest BCUT2D eigenvalue weighted by atomic mass is 15.4. The van der Waals surface area contributed by atoms with Gasteiger partial charge in [0.1, 0.15) is 6.33 Å². The molecule has 18 heavy (non-hydrogen) atoms. The lowest BCUT2D eigenvalue weighted by atomic mass is 9.86. The SMILES string of the molecule is C[C@@H]1CCCC[C@@H]1Nc1ncnc2c1nnn2C. The summed E-state index contributed by atoms with van der Waals surface area (Å²) in [5.41, 5.74) is 1.54. The third kappa shape index (κ3) is 1.91. The van der Waals surface area contributed by atoms with Crippen LogP contribution in [0.4, 0.5) is 5.82 Å². The zero-order valence-electron chi connectivity index (χ0n) is 10.8. The van der Waals surface area contributed by atoms with Crippen molar-refractivity contribution in [1.29, 1.82) is 0 Å². The van der Waals surface area contributed by atoms with Gasteiger partial charge in [0.2, 0.25) is 0 Å². The molecule has 0 radical (unpaired) electrons. The van der Waals surface area contributed by atoms with Gasteiger partial charge in [0.15, 0.2) is 17.0 Å². The number of hydrogen-bond acceptors (Lipinski definition) is 5. The van der Waals surface area contributed by atoms with Crippen molar-refractivity contribution in [3.63, 3.8) is 0 Å². The maximum atomic E-state index is 4.31. The Kier molecular flexibility index (Phi) is 2.85. The van der Waals surface area contributed by atoms with Crippen LogP contribution in [-0.4, -0.2) is 31.0 Å². The number of nitrogens with one attached hydrogen (secondary N) is 1. The van der Waals surface area contributed by atoms with Gasteiger partial charge >= 0.3 is 0 Å². The van der Waals surface area contributed by atoms with Crippen LogP contribution in [0.2, 0.25) is 0 Å². The maximum absolute atomic E-state index is 4.31. The van der Waals surface area contributed by atoms with Crippen molar-refractivity contribution in [2.75, 3.05) is 5.32 Å². The number of hydrogen-bond donors (Lipinski definition) is 1. The average molecular weight is 246 g/mol. The molecular weight excluding hydrogens is 228 g/mol. The van der Waals surface area contributed by atoms with Gasteiger partial charge in [-0.25, -0.2) is 14.6 Å². The lowest BCUT2D eigenvalue weighted by Gasteiger charge is -2.29. The zero-order chi connectivity index (χ0) is 12.5. The van der Waals surface area contributed by atoms with Crippen LogP contribution < -0.4 is 5.32 Å². The van der Waals surface area contributed by atoms with Crippen LogP contribution in [0, 0.1) is 5.92 Å². The van der Waals surface area contributed by atoms with Gasteiger partial charge in [-0.3, -0.25) is 0 Å². The van der Waals surface area contributed by atoms with Gasteiger partial charge in [-0.1, -0.05) is 25.0 Å². The molecule has 1 fully saturated rings. The normalized spacial score (nSPS) is 24.3. The van der Waals surface area contributed by atoms with E-state index in [-0.39, 0.29) is 0 Å². The Morgan fingerprint density at radius 3 is 2.94 bits per heavy atom. The van der Waals surface area contributed by atoms with E-state index in [1.54, 1.807) is 11.0 Å².